The van der Waals surface area contributed by atoms with Gasteiger partial charge in [0, 0.05) is 37.8 Å². The van der Waals surface area contributed by atoms with Gasteiger partial charge in [0.15, 0.2) is 0 Å². The van der Waals surface area contributed by atoms with Crippen LogP contribution >= 0.6 is 0 Å². The van der Waals surface area contributed by atoms with E-state index in [9.17, 15) is 0 Å². The third kappa shape index (κ3) is 3.28. The first-order valence-corrected chi connectivity index (χ1v) is 15.0. The number of nitrogens with zero attached hydrogens (tertiary/aromatic N) is 2. The van der Waals surface area contributed by atoms with E-state index in [0.717, 1.165) is 70.7 Å². The summed E-state index contributed by atoms with van der Waals surface area (Å²) in [6.45, 7) is -2.44. The number of rotatable bonds is 2. The van der Waals surface area contributed by atoms with E-state index in [4.69, 9.17) is 4.11 Å². The fraction of sp³-hybridized carbons (Fsp3) is 0.128. The van der Waals surface area contributed by atoms with E-state index in [2.05, 4.69) is 131 Å². The van der Waals surface area contributed by atoms with Crippen molar-refractivity contribution in [3.63, 3.8) is 0 Å². The van der Waals surface area contributed by atoms with Gasteiger partial charge in [0.05, 0.1) is 5.69 Å². The summed E-state index contributed by atoms with van der Waals surface area (Å²) in [7, 11) is 0. The minimum atomic E-state index is -2.24. The highest BCUT2D eigenvalue weighted by Gasteiger charge is 2.45. The van der Waals surface area contributed by atoms with Crippen molar-refractivity contribution in [2.45, 2.75) is 32.5 Å². The lowest BCUT2D eigenvalue weighted by Crippen LogP contribution is -2.61. The average Bonchev–Trinajstić information content (AvgIpc) is 3.07. The lowest BCUT2D eigenvalue weighted by molar-refractivity contribution is 0.682. The molecule has 6 aromatic rings. The third-order valence-electron chi connectivity index (χ3n) is 9.56. The molecule has 0 atom stereocenters. The molecular weight excluding hydrogens is 507 g/mol. The van der Waals surface area contributed by atoms with E-state index < -0.39 is 6.85 Å². The molecule has 9 rings (SSSR count). The Morgan fingerprint density at radius 1 is 0.595 bits per heavy atom. The molecular formula is C39H31BN2. The van der Waals surface area contributed by atoms with Gasteiger partial charge in [-0.3, -0.25) is 0 Å². The lowest BCUT2D eigenvalue weighted by Gasteiger charge is -2.46. The zero-order valence-electron chi connectivity index (χ0n) is 26.3. The predicted octanol–water partition coefficient (Wildman–Crippen LogP) is 8.73. The molecule has 2 aliphatic heterocycles. The van der Waals surface area contributed by atoms with Gasteiger partial charge in [-0.15, -0.1) is 0 Å². The van der Waals surface area contributed by atoms with Gasteiger partial charge >= 0.3 is 6.85 Å². The summed E-state index contributed by atoms with van der Waals surface area (Å²) in [4.78, 5) is 4.76. The maximum atomic E-state index is 8.84. The van der Waals surface area contributed by atoms with Gasteiger partial charge < -0.3 is 9.71 Å². The number of aryl methyl sites for hydroxylation is 1. The SMILES string of the molecule is [2H]C([2H])([2H])c1c(N2B3c4ccccc4N(c4cccc5ccccc45)c4cccc(c43)-c3ccccc32)ccc2c1CCCC2. The Balaban J connectivity index is 1.38. The maximum absolute atomic E-state index is 8.84. The molecule has 0 radical (unpaired) electrons. The van der Waals surface area contributed by atoms with Crippen molar-refractivity contribution in [3.05, 3.63) is 138 Å². The zero-order valence-corrected chi connectivity index (χ0v) is 23.3. The molecule has 6 aromatic carbocycles. The van der Waals surface area contributed by atoms with Gasteiger partial charge in [0.1, 0.15) is 0 Å². The summed E-state index contributed by atoms with van der Waals surface area (Å²) >= 11 is 0. The van der Waals surface area contributed by atoms with Crippen LogP contribution in [-0.4, -0.2) is 6.85 Å². The number of para-hydroxylation sites is 2. The number of hydrogen-bond donors (Lipinski definition) is 0. The van der Waals surface area contributed by atoms with Crippen LogP contribution in [0.5, 0.6) is 0 Å². The van der Waals surface area contributed by atoms with Crippen LogP contribution in [0.25, 0.3) is 21.9 Å². The van der Waals surface area contributed by atoms with Crippen molar-refractivity contribution >= 4 is 57.0 Å². The van der Waals surface area contributed by atoms with Crippen LogP contribution < -0.4 is 20.6 Å². The second-order valence-corrected chi connectivity index (χ2v) is 11.7. The van der Waals surface area contributed by atoms with Gasteiger partial charge in [-0.05, 0) is 101 Å². The van der Waals surface area contributed by atoms with Gasteiger partial charge in [0.25, 0.3) is 0 Å². The average molecular weight is 542 g/mol. The Morgan fingerprint density at radius 2 is 1.31 bits per heavy atom. The van der Waals surface area contributed by atoms with Crippen molar-refractivity contribution in [1.29, 1.82) is 0 Å². The molecule has 0 unspecified atom stereocenters. The largest absolute Gasteiger partial charge is 0.376 e. The van der Waals surface area contributed by atoms with Crippen molar-refractivity contribution in [2.75, 3.05) is 9.71 Å². The minimum Gasteiger partial charge on any atom is -0.376 e. The standard InChI is InChI=1S/C39H31BN2/c1-26-29-15-4-2-13-28(29)24-25-34(26)42-36-20-8-6-17-31(36)32-18-11-23-38-39(32)40(42)33-19-7-9-21-37(33)41(38)35-22-10-14-27-12-3-5-16-30(27)35/h3,5-12,14,16-25H,2,4,13,15H2,1H3/i1D3. The quantitative estimate of drug-likeness (QED) is 0.202. The van der Waals surface area contributed by atoms with Gasteiger partial charge in [-0.25, -0.2) is 0 Å². The number of benzene rings is 6. The second kappa shape index (κ2) is 9.12. The molecule has 0 saturated carbocycles. The molecule has 0 bridgehead atoms. The van der Waals surface area contributed by atoms with E-state index in [1.807, 2.05) is 0 Å². The van der Waals surface area contributed by atoms with E-state index in [-0.39, 0.29) is 6.85 Å². The highest BCUT2D eigenvalue weighted by molar-refractivity contribution is 6.93. The Kier molecular flexibility index (Phi) is 4.57. The van der Waals surface area contributed by atoms with Crippen LogP contribution in [0.4, 0.5) is 28.4 Å². The molecule has 0 N–H and O–H groups in total. The van der Waals surface area contributed by atoms with Crippen LogP contribution in [0, 0.1) is 6.85 Å². The van der Waals surface area contributed by atoms with Crippen LogP contribution in [0.3, 0.4) is 0 Å². The van der Waals surface area contributed by atoms with Gasteiger partial charge in [-0.1, -0.05) is 91.0 Å². The molecule has 0 saturated heterocycles. The summed E-state index contributed by atoms with van der Waals surface area (Å²) in [5.74, 6) is 0. The van der Waals surface area contributed by atoms with E-state index in [1.165, 1.54) is 27.4 Å². The summed E-state index contributed by atoms with van der Waals surface area (Å²) in [6, 6.07) is 43.2. The van der Waals surface area contributed by atoms with Crippen molar-refractivity contribution in [3.8, 4) is 11.1 Å². The highest BCUT2D eigenvalue weighted by Crippen LogP contribution is 2.48. The topological polar surface area (TPSA) is 6.48 Å². The van der Waals surface area contributed by atoms with Crippen LogP contribution in [0.1, 0.15) is 33.6 Å². The van der Waals surface area contributed by atoms with Crippen molar-refractivity contribution in [1.82, 2.24) is 0 Å². The molecule has 3 aliphatic rings. The van der Waals surface area contributed by atoms with Gasteiger partial charge in [-0.2, -0.15) is 0 Å². The molecule has 42 heavy (non-hydrogen) atoms. The minimum absolute atomic E-state index is 0.198. The Labute approximate surface area is 252 Å². The first-order valence-electron chi connectivity index (χ1n) is 16.5. The normalized spacial score (nSPS) is 16.1. The monoisotopic (exact) mass is 541 g/mol. The van der Waals surface area contributed by atoms with Crippen LogP contribution in [0.15, 0.2) is 121 Å². The first kappa shape index (κ1) is 21.0. The zero-order chi connectivity index (χ0) is 30.3. The number of anilines is 5. The fourth-order valence-electron chi connectivity index (χ4n) is 7.74. The summed E-state index contributed by atoms with van der Waals surface area (Å²) in [5, 5.41) is 2.39. The maximum Gasteiger partial charge on any atom is 0.333 e. The molecule has 2 nitrogen and oxygen atoms in total. The summed E-state index contributed by atoms with van der Waals surface area (Å²) in [6.07, 6.45) is 3.88. The van der Waals surface area contributed by atoms with Crippen LogP contribution in [-0.2, 0) is 12.8 Å². The molecule has 0 amide bonds. The Morgan fingerprint density at radius 3 is 2.26 bits per heavy atom. The van der Waals surface area contributed by atoms with Crippen molar-refractivity contribution in [2.24, 2.45) is 0 Å². The highest BCUT2D eigenvalue weighted by atomic mass is 15.2. The smallest absolute Gasteiger partial charge is 0.333 e. The Hall–Kier alpha value is -4.76. The van der Waals surface area contributed by atoms with Gasteiger partial charge in [0.2, 0.25) is 0 Å². The van der Waals surface area contributed by atoms with E-state index in [0.29, 0.717) is 5.56 Å². The first-order chi connectivity index (χ1) is 22.0. The van der Waals surface area contributed by atoms with Crippen molar-refractivity contribution < 1.29 is 4.11 Å². The van der Waals surface area contributed by atoms with Crippen LogP contribution in [0.2, 0.25) is 0 Å². The third-order valence-corrected chi connectivity index (χ3v) is 9.56. The molecule has 200 valence electrons. The fourth-order valence-corrected chi connectivity index (χ4v) is 7.74. The lowest BCUT2D eigenvalue weighted by atomic mass is 9.43. The second-order valence-electron chi connectivity index (χ2n) is 11.7. The number of fused-ring (bicyclic) bond motifs is 6. The molecule has 0 spiro atoms. The Bertz CT molecular complexity index is 2150. The summed E-state index contributed by atoms with van der Waals surface area (Å²) < 4.78 is 26.5. The summed E-state index contributed by atoms with van der Waals surface area (Å²) in [5.41, 5.74) is 12.6. The van der Waals surface area contributed by atoms with E-state index >= 15 is 0 Å². The molecule has 0 aromatic heterocycles. The van der Waals surface area contributed by atoms with E-state index in [1.54, 1.807) is 0 Å². The molecule has 2 heterocycles. The predicted molar refractivity (Wildman–Crippen MR) is 179 cm³/mol. The molecule has 3 heteroatoms. The molecule has 0 fully saturated rings. The number of hydrogen-bond acceptors (Lipinski definition) is 2. The molecule has 1 aliphatic carbocycles.